The Morgan fingerprint density at radius 3 is 2.54 bits per heavy atom. The Hall–Kier alpha value is -4.18. The smallest absolute Gasteiger partial charge is 0.382 e. The molecule has 1 aliphatic rings. The largest absolute Gasteiger partial charge is 0.406 e. The Morgan fingerprint density at radius 1 is 1.18 bits per heavy atom. The van der Waals surface area contributed by atoms with Crippen LogP contribution in [0.15, 0.2) is 42.6 Å². The van der Waals surface area contributed by atoms with Crippen molar-refractivity contribution in [2.45, 2.75) is 57.8 Å². The Balaban J connectivity index is 1.53. The van der Waals surface area contributed by atoms with Crippen molar-refractivity contribution in [1.82, 2.24) is 14.5 Å². The summed E-state index contributed by atoms with van der Waals surface area (Å²) in [6.45, 7) is 5.48. The molecular formula is C29H31F3N6O. The molecule has 7 nitrogen and oxygen atoms in total. The van der Waals surface area contributed by atoms with Crippen LogP contribution < -0.4 is 10.6 Å². The lowest BCUT2D eigenvalue weighted by atomic mass is 9.91. The molecule has 2 N–H and O–H groups in total. The molecule has 1 saturated heterocycles. The summed E-state index contributed by atoms with van der Waals surface area (Å²) in [5, 5.41) is 16.5. The summed E-state index contributed by atoms with van der Waals surface area (Å²) >= 11 is 0. The first-order valence-electron chi connectivity index (χ1n) is 12.8. The van der Waals surface area contributed by atoms with Gasteiger partial charge in [-0.3, -0.25) is 9.78 Å². The van der Waals surface area contributed by atoms with E-state index in [9.17, 15) is 23.2 Å². The number of hydrogen-bond donors (Lipinski definition) is 2. The number of nitriles is 1. The number of benzene rings is 1. The third-order valence-corrected chi connectivity index (χ3v) is 6.86. The Labute approximate surface area is 226 Å². The zero-order valence-electron chi connectivity index (χ0n) is 22.2. The molecule has 204 valence electrons. The van der Waals surface area contributed by atoms with Crippen LogP contribution >= 0.6 is 0 Å². The van der Waals surface area contributed by atoms with Crippen LogP contribution in [-0.4, -0.2) is 52.2 Å². The Bertz CT molecular complexity index is 1430. The van der Waals surface area contributed by atoms with Gasteiger partial charge in [-0.15, -0.1) is 0 Å². The molecule has 1 amide bonds. The lowest BCUT2D eigenvalue weighted by Crippen LogP contribution is -2.41. The van der Waals surface area contributed by atoms with Crippen molar-refractivity contribution in [2.24, 2.45) is 0 Å². The SMILES string of the molecule is CC(=O)N1CCC(Nc2cccc3c2cc(C#CCNc2ccc(C(C)(C)C#N)nc2)n3CC(F)(F)F)CC1. The number of carbonyl (C=O) groups is 1. The maximum Gasteiger partial charge on any atom is 0.406 e. The number of rotatable bonds is 6. The van der Waals surface area contributed by atoms with E-state index < -0.39 is 18.1 Å². The predicted octanol–water partition coefficient (Wildman–Crippen LogP) is 5.29. The number of hydrogen-bond acceptors (Lipinski definition) is 5. The minimum Gasteiger partial charge on any atom is -0.382 e. The van der Waals surface area contributed by atoms with Gasteiger partial charge in [0.15, 0.2) is 0 Å². The lowest BCUT2D eigenvalue weighted by Gasteiger charge is -2.32. The van der Waals surface area contributed by atoms with Crippen molar-refractivity contribution < 1.29 is 18.0 Å². The van der Waals surface area contributed by atoms with E-state index in [1.54, 1.807) is 62.2 Å². The number of anilines is 2. The molecule has 1 fully saturated rings. The van der Waals surface area contributed by atoms with Crippen LogP contribution in [0.1, 0.15) is 45.0 Å². The van der Waals surface area contributed by atoms with E-state index in [0.29, 0.717) is 35.4 Å². The van der Waals surface area contributed by atoms with Gasteiger partial charge in [0, 0.05) is 37.1 Å². The van der Waals surface area contributed by atoms with Crippen LogP contribution in [0.3, 0.4) is 0 Å². The van der Waals surface area contributed by atoms with Gasteiger partial charge >= 0.3 is 6.18 Å². The first-order valence-corrected chi connectivity index (χ1v) is 12.8. The van der Waals surface area contributed by atoms with E-state index in [-0.39, 0.29) is 24.2 Å². The molecule has 0 atom stereocenters. The van der Waals surface area contributed by atoms with Crippen molar-refractivity contribution in [3.63, 3.8) is 0 Å². The third-order valence-electron chi connectivity index (χ3n) is 6.86. The van der Waals surface area contributed by atoms with Crippen LogP contribution in [0.2, 0.25) is 0 Å². The number of nitrogens with zero attached hydrogens (tertiary/aromatic N) is 4. The fourth-order valence-corrected chi connectivity index (χ4v) is 4.63. The molecule has 39 heavy (non-hydrogen) atoms. The molecule has 3 aromatic rings. The maximum absolute atomic E-state index is 13.5. The standard InChI is InChI=1S/C29H31F3N6O/c1-20(39)37-14-11-21(12-15-37)36-25-7-4-8-26-24(25)16-23(38(26)19-29(30,31)32)6-5-13-34-22-9-10-27(35-17-22)28(2,3)18-33/h4,7-10,16-17,21,34,36H,11-15,19H2,1-3H3. The topological polar surface area (TPSA) is 86.0 Å². The van der Waals surface area contributed by atoms with Gasteiger partial charge in [0.2, 0.25) is 5.91 Å². The molecule has 1 aromatic carbocycles. The highest BCUT2D eigenvalue weighted by atomic mass is 19.4. The molecular weight excluding hydrogens is 505 g/mol. The van der Waals surface area contributed by atoms with Crippen LogP contribution in [0, 0.1) is 23.2 Å². The average Bonchev–Trinajstić information content (AvgIpc) is 3.24. The molecule has 0 unspecified atom stereocenters. The number of carbonyl (C=O) groups excluding carboxylic acids is 1. The highest BCUT2D eigenvalue weighted by molar-refractivity contribution is 5.94. The first kappa shape index (κ1) is 27.8. The zero-order chi connectivity index (χ0) is 28.2. The summed E-state index contributed by atoms with van der Waals surface area (Å²) in [5.41, 5.74) is 2.11. The molecule has 0 spiro atoms. The molecule has 2 aromatic heterocycles. The van der Waals surface area contributed by atoms with Crippen molar-refractivity contribution in [1.29, 1.82) is 5.26 Å². The first-order chi connectivity index (χ1) is 18.5. The van der Waals surface area contributed by atoms with E-state index in [0.717, 1.165) is 18.5 Å². The fourth-order valence-electron chi connectivity index (χ4n) is 4.63. The van der Waals surface area contributed by atoms with E-state index in [4.69, 9.17) is 0 Å². The van der Waals surface area contributed by atoms with Gasteiger partial charge in [-0.05, 0) is 62.9 Å². The van der Waals surface area contributed by atoms with Gasteiger partial charge in [0.25, 0.3) is 0 Å². The van der Waals surface area contributed by atoms with Crippen molar-refractivity contribution >= 4 is 28.2 Å². The quantitative estimate of drug-likeness (QED) is 0.419. The molecule has 0 radical (unpaired) electrons. The lowest BCUT2D eigenvalue weighted by molar-refractivity contribution is -0.140. The van der Waals surface area contributed by atoms with E-state index in [1.807, 2.05) is 6.07 Å². The van der Waals surface area contributed by atoms with Crippen LogP contribution in [0.25, 0.3) is 10.9 Å². The van der Waals surface area contributed by atoms with E-state index >= 15 is 0 Å². The minimum atomic E-state index is -4.41. The molecule has 0 aliphatic carbocycles. The molecule has 0 bridgehead atoms. The number of alkyl halides is 3. The number of halogens is 3. The van der Waals surface area contributed by atoms with Gasteiger partial charge < -0.3 is 20.1 Å². The second-order valence-electron chi connectivity index (χ2n) is 10.2. The molecule has 4 rings (SSSR count). The number of fused-ring (bicyclic) bond motifs is 1. The molecule has 3 heterocycles. The number of amides is 1. The summed E-state index contributed by atoms with van der Waals surface area (Å²) in [5.74, 6) is 5.88. The maximum atomic E-state index is 13.5. The highest BCUT2D eigenvalue weighted by Gasteiger charge is 2.30. The Kier molecular flexibility index (Phi) is 8.06. The summed E-state index contributed by atoms with van der Waals surface area (Å²) in [6, 6.07) is 12.9. The van der Waals surface area contributed by atoms with Gasteiger partial charge in [-0.25, -0.2) is 0 Å². The highest BCUT2D eigenvalue weighted by Crippen LogP contribution is 2.31. The van der Waals surface area contributed by atoms with Crippen molar-refractivity contribution in [2.75, 3.05) is 30.3 Å². The Morgan fingerprint density at radius 2 is 1.92 bits per heavy atom. The second-order valence-corrected chi connectivity index (χ2v) is 10.2. The number of aromatic nitrogens is 2. The second kappa shape index (κ2) is 11.3. The molecule has 1 aliphatic heterocycles. The average molecular weight is 537 g/mol. The van der Waals surface area contributed by atoms with Crippen LogP contribution in [0.5, 0.6) is 0 Å². The third kappa shape index (κ3) is 6.83. The van der Waals surface area contributed by atoms with Crippen molar-refractivity contribution in [3.8, 4) is 17.9 Å². The summed E-state index contributed by atoms with van der Waals surface area (Å²) < 4.78 is 41.7. The number of likely N-dealkylation sites (tertiary alicyclic amines) is 1. The normalized spacial score (nSPS) is 14.4. The molecule has 10 heteroatoms. The monoisotopic (exact) mass is 536 g/mol. The number of pyridine rings is 1. The van der Waals surface area contributed by atoms with Gasteiger partial charge in [-0.2, -0.15) is 18.4 Å². The summed E-state index contributed by atoms with van der Waals surface area (Å²) in [6.07, 6.45) is -1.27. The van der Waals surface area contributed by atoms with Crippen LogP contribution in [0.4, 0.5) is 24.5 Å². The van der Waals surface area contributed by atoms with Crippen molar-refractivity contribution in [3.05, 3.63) is 54.0 Å². The zero-order valence-corrected chi connectivity index (χ0v) is 22.2. The van der Waals surface area contributed by atoms with E-state index in [2.05, 4.69) is 33.5 Å². The van der Waals surface area contributed by atoms with Gasteiger partial charge in [0.1, 0.15) is 6.54 Å². The predicted molar refractivity (Wildman–Crippen MR) is 145 cm³/mol. The van der Waals surface area contributed by atoms with Crippen LogP contribution in [-0.2, 0) is 16.8 Å². The van der Waals surface area contributed by atoms with Gasteiger partial charge in [0.05, 0.1) is 46.8 Å². The minimum absolute atomic E-state index is 0.0497. The van der Waals surface area contributed by atoms with E-state index in [1.165, 1.54) is 4.57 Å². The number of nitrogens with one attached hydrogen (secondary N) is 2. The van der Waals surface area contributed by atoms with Gasteiger partial charge in [-0.1, -0.05) is 12.0 Å². The summed E-state index contributed by atoms with van der Waals surface area (Å²) in [4.78, 5) is 17.7. The molecule has 0 saturated carbocycles. The number of piperidine rings is 1. The fraction of sp³-hybridized carbons (Fsp3) is 0.414. The summed E-state index contributed by atoms with van der Waals surface area (Å²) in [7, 11) is 0.